The Morgan fingerprint density at radius 3 is 2.79 bits per heavy atom. The van der Waals surface area contributed by atoms with E-state index in [1.165, 1.54) is 6.08 Å². The number of hydrogen-bond acceptors (Lipinski definition) is 5. The highest BCUT2D eigenvalue weighted by atomic mass is 16.6. The number of rotatable bonds is 7. The maximum Gasteiger partial charge on any atom is 0.253 e. The van der Waals surface area contributed by atoms with Gasteiger partial charge in [0.05, 0.1) is 18.4 Å². The van der Waals surface area contributed by atoms with Crippen LogP contribution in [0.15, 0.2) is 55.1 Å². The predicted octanol–water partition coefficient (Wildman–Crippen LogP) is 3.03. The number of anilines is 1. The normalized spacial score (nSPS) is 12.3. The van der Waals surface area contributed by atoms with Crippen molar-refractivity contribution in [3.05, 3.63) is 66.3 Å². The maximum absolute atomic E-state index is 12.4. The second-order valence-electron chi connectivity index (χ2n) is 6.11. The summed E-state index contributed by atoms with van der Waals surface area (Å²) < 4.78 is 16.5. The number of benzene rings is 2. The lowest BCUT2D eigenvalue weighted by Crippen LogP contribution is -2.24. The molecule has 29 heavy (non-hydrogen) atoms. The molecule has 2 amide bonds. The van der Waals surface area contributed by atoms with Gasteiger partial charge in [0.15, 0.2) is 11.5 Å². The van der Waals surface area contributed by atoms with Crippen LogP contribution in [0.2, 0.25) is 0 Å². The quantitative estimate of drug-likeness (QED) is 0.557. The molecular formula is C22H22N2O5. The van der Waals surface area contributed by atoms with Gasteiger partial charge in [-0.15, -0.1) is 6.58 Å². The lowest BCUT2D eigenvalue weighted by Gasteiger charge is -2.20. The number of fused-ring (bicyclic) bond motifs is 1. The minimum Gasteiger partial charge on any atom is -0.493 e. The molecule has 150 valence electrons. The fourth-order valence-corrected chi connectivity index (χ4v) is 2.79. The van der Waals surface area contributed by atoms with Gasteiger partial charge in [0.2, 0.25) is 11.7 Å². The summed E-state index contributed by atoms with van der Waals surface area (Å²) in [6.45, 7) is 4.82. The Balaban J connectivity index is 1.74. The van der Waals surface area contributed by atoms with Crippen molar-refractivity contribution in [1.82, 2.24) is 5.32 Å². The van der Waals surface area contributed by atoms with Gasteiger partial charge in [-0.25, -0.2) is 0 Å². The van der Waals surface area contributed by atoms with Gasteiger partial charge in [-0.2, -0.15) is 0 Å². The first kappa shape index (κ1) is 20.0. The summed E-state index contributed by atoms with van der Waals surface area (Å²) in [6.07, 6.45) is 4.60. The Morgan fingerprint density at radius 1 is 1.21 bits per heavy atom. The van der Waals surface area contributed by atoms with Crippen molar-refractivity contribution in [2.24, 2.45) is 0 Å². The summed E-state index contributed by atoms with van der Waals surface area (Å²) in [4.78, 5) is 24.6. The Labute approximate surface area is 169 Å². The van der Waals surface area contributed by atoms with Crippen molar-refractivity contribution in [1.29, 1.82) is 0 Å². The maximum atomic E-state index is 12.4. The molecule has 2 aromatic carbocycles. The zero-order valence-electron chi connectivity index (χ0n) is 16.1. The van der Waals surface area contributed by atoms with Crippen molar-refractivity contribution in [3.8, 4) is 17.2 Å². The molecule has 3 rings (SSSR count). The first-order chi connectivity index (χ1) is 14.1. The van der Waals surface area contributed by atoms with E-state index < -0.39 is 0 Å². The third-order valence-corrected chi connectivity index (χ3v) is 4.11. The Kier molecular flexibility index (Phi) is 6.52. The summed E-state index contributed by atoms with van der Waals surface area (Å²) >= 11 is 0. The highest BCUT2D eigenvalue weighted by molar-refractivity contribution is 6.07. The summed E-state index contributed by atoms with van der Waals surface area (Å²) in [5, 5.41) is 5.43. The topological polar surface area (TPSA) is 85.9 Å². The van der Waals surface area contributed by atoms with Gasteiger partial charge in [0.1, 0.15) is 13.2 Å². The zero-order chi connectivity index (χ0) is 20.6. The van der Waals surface area contributed by atoms with Gasteiger partial charge in [-0.3, -0.25) is 9.59 Å². The van der Waals surface area contributed by atoms with Gasteiger partial charge in [-0.05, 0) is 35.9 Å². The van der Waals surface area contributed by atoms with Crippen molar-refractivity contribution >= 4 is 23.6 Å². The van der Waals surface area contributed by atoms with E-state index in [9.17, 15) is 9.59 Å². The Morgan fingerprint density at radius 2 is 2.00 bits per heavy atom. The number of nitrogens with one attached hydrogen (secondary N) is 2. The fraction of sp³-hybridized carbons (Fsp3) is 0.182. The molecule has 0 unspecified atom stereocenters. The van der Waals surface area contributed by atoms with E-state index in [2.05, 4.69) is 17.2 Å². The van der Waals surface area contributed by atoms with Crippen LogP contribution in [-0.4, -0.2) is 38.7 Å². The first-order valence-corrected chi connectivity index (χ1v) is 9.07. The Hall–Kier alpha value is -3.74. The molecule has 1 heterocycles. The summed E-state index contributed by atoms with van der Waals surface area (Å²) in [6, 6.07) is 10.3. The molecular weight excluding hydrogens is 372 g/mol. The summed E-state index contributed by atoms with van der Waals surface area (Å²) in [5.41, 5.74) is 1.51. The standard InChI is InChI=1S/C22H22N2O5/c1-3-10-23-22(26)16-6-4-5-7-17(16)24-20(25)9-8-15-13-18(27-2)21-19(14-15)28-11-12-29-21/h3-9,13-14H,1,10-12H2,2H3,(H,23,26)(H,24,25)/b9-8+. The lowest BCUT2D eigenvalue weighted by molar-refractivity contribution is -0.111. The molecule has 0 atom stereocenters. The molecule has 0 aromatic heterocycles. The minimum atomic E-state index is -0.372. The van der Waals surface area contributed by atoms with E-state index in [1.807, 2.05) is 0 Å². The van der Waals surface area contributed by atoms with Crippen LogP contribution in [0.1, 0.15) is 15.9 Å². The Bertz CT molecular complexity index is 935. The van der Waals surface area contributed by atoms with Crippen LogP contribution < -0.4 is 24.8 Å². The van der Waals surface area contributed by atoms with Crippen LogP contribution in [0.3, 0.4) is 0 Å². The zero-order valence-corrected chi connectivity index (χ0v) is 16.1. The number of hydrogen-bond donors (Lipinski definition) is 2. The van der Waals surface area contributed by atoms with E-state index in [1.54, 1.807) is 55.7 Å². The predicted molar refractivity (Wildman–Crippen MR) is 111 cm³/mol. The number of para-hydroxylation sites is 1. The molecule has 0 spiro atoms. The van der Waals surface area contributed by atoms with Crippen molar-refractivity contribution in [2.45, 2.75) is 0 Å². The van der Waals surface area contributed by atoms with Crippen LogP contribution in [-0.2, 0) is 4.79 Å². The lowest BCUT2D eigenvalue weighted by atomic mass is 10.1. The van der Waals surface area contributed by atoms with Crippen molar-refractivity contribution in [3.63, 3.8) is 0 Å². The number of methoxy groups -OCH3 is 1. The molecule has 0 saturated heterocycles. The largest absolute Gasteiger partial charge is 0.493 e. The third-order valence-electron chi connectivity index (χ3n) is 4.11. The number of amides is 2. The van der Waals surface area contributed by atoms with E-state index in [0.29, 0.717) is 48.3 Å². The third kappa shape index (κ3) is 4.95. The van der Waals surface area contributed by atoms with Gasteiger partial charge >= 0.3 is 0 Å². The minimum absolute atomic E-state index is 0.290. The molecule has 0 bridgehead atoms. The van der Waals surface area contributed by atoms with E-state index in [4.69, 9.17) is 14.2 Å². The van der Waals surface area contributed by atoms with Gasteiger partial charge in [-0.1, -0.05) is 18.2 Å². The molecule has 7 nitrogen and oxygen atoms in total. The van der Waals surface area contributed by atoms with E-state index in [-0.39, 0.29) is 11.8 Å². The van der Waals surface area contributed by atoms with E-state index in [0.717, 1.165) is 5.56 Å². The highest BCUT2D eigenvalue weighted by Crippen LogP contribution is 2.40. The SMILES string of the molecule is C=CCNC(=O)c1ccccc1NC(=O)/C=C/c1cc(OC)c2c(c1)OCCO2. The average molecular weight is 394 g/mol. The molecule has 0 fully saturated rings. The van der Waals surface area contributed by atoms with Crippen LogP contribution in [0.25, 0.3) is 6.08 Å². The number of ether oxygens (including phenoxy) is 3. The summed E-state index contributed by atoms with van der Waals surface area (Å²) in [7, 11) is 1.54. The molecule has 2 N–H and O–H groups in total. The van der Waals surface area contributed by atoms with Gasteiger partial charge in [0.25, 0.3) is 5.91 Å². The van der Waals surface area contributed by atoms with Crippen LogP contribution in [0.5, 0.6) is 17.2 Å². The molecule has 1 aliphatic heterocycles. The number of carbonyl (C=O) groups is 2. The molecule has 0 aliphatic carbocycles. The van der Waals surface area contributed by atoms with Crippen LogP contribution in [0, 0.1) is 0 Å². The van der Waals surface area contributed by atoms with Gasteiger partial charge in [0, 0.05) is 12.6 Å². The van der Waals surface area contributed by atoms with E-state index >= 15 is 0 Å². The molecule has 1 aliphatic rings. The smallest absolute Gasteiger partial charge is 0.253 e. The number of carbonyl (C=O) groups excluding carboxylic acids is 2. The van der Waals surface area contributed by atoms with Gasteiger partial charge < -0.3 is 24.8 Å². The van der Waals surface area contributed by atoms with Crippen molar-refractivity contribution < 1.29 is 23.8 Å². The highest BCUT2D eigenvalue weighted by Gasteiger charge is 2.18. The van der Waals surface area contributed by atoms with Crippen LogP contribution in [0.4, 0.5) is 5.69 Å². The second-order valence-corrected chi connectivity index (χ2v) is 6.11. The average Bonchev–Trinajstić information content (AvgIpc) is 2.75. The first-order valence-electron chi connectivity index (χ1n) is 9.07. The fourth-order valence-electron chi connectivity index (χ4n) is 2.79. The molecule has 0 saturated carbocycles. The van der Waals surface area contributed by atoms with Crippen LogP contribution >= 0.6 is 0 Å². The molecule has 0 radical (unpaired) electrons. The molecule has 2 aromatic rings. The monoisotopic (exact) mass is 394 g/mol. The van der Waals surface area contributed by atoms with Crippen molar-refractivity contribution in [2.75, 3.05) is 32.2 Å². The summed E-state index contributed by atoms with van der Waals surface area (Å²) in [5.74, 6) is 0.996. The second kappa shape index (κ2) is 9.45. The molecule has 7 heteroatoms.